The second-order valence-electron chi connectivity index (χ2n) is 4.12. The zero-order chi connectivity index (χ0) is 11.2. The summed E-state index contributed by atoms with van der Waals surface area (Å²) in [6, 6.07) is 8.39. The first kappa shape index (κ1) is 11.6. The standard InChI is InChI=1S/C13H17BrN2/c14-12-6-4-5-11(9-12)10-16-13-7-2-1-3-8-15-13/h4-6,9H,1-3,7-8,10H2,(H,15,16). The van der Waals surface area contributed by atoms with Crippen LogP contribution in [-0.2, 0) is 6.54 Å². The van der Waals surface area contributed by atoms with Crippen molar-refractivity contribution >= 4 is 21.8 Å². The summed E-state index contributed by atoms with van der Waals surface area (Å²) >= 11 is 3.48. The van der Waals surface area contributed by atoms with Gasteiger partial charge >= 0.3 is 0 Å². The van der Waals surface area contributed by atoms with Crippen LogP contribution in [0.25, 0.3) is 0 Å². The minimum Gasteiger partial charge on any atom is -0.370 e. The van der Waals surface area contributed by atoms with Gasteiger partial charge in [0.1, 0.15) is 0 Å². The molecule has 0 aliphatic carbocycles. The zero-order valence-corrected chi connectivity index (χ0v) is 11.0. The molecule has 0 saturated carbocycles. The minimum absolute atomic E-state index is 0.873. The molecule has 0 amide bonds. The van der Waals surface area contributed by atoms with Crippen LogP contribution in [0.1, 0.15) is 31.2 Å². The maximum Gasteiger partial charge on any atom is 0.0965 e. The maximum absolute atomic E-state index is 4.55. The lowest BCUT2D eigenvalue weighted by Gasteiger charge is -2.08. The Bertz CT molecular complexity index is 374. The molecule has 1 heterocycles. The molecule has 0 atom stereocenters. The van der Waals surface area contributed by atoms with Crippen molar-refractivity contribution in [1.29, 1.82) is 0 Å². The van der Waals surface area contributed by atoms with Crippen molar-refractivity contribution in [3.8, 4) is 0 Å². The molecular weight excluding hydrogens is 264 g/mol. The number of benzene rings is 1. The highest BCUT2D eigenvalue weighted by atomic mass is 79.9. The second kappa shape index (κ2) is 6.04. The third kappa shape index (κ3) is 3.63. The molecule has 16 heavy (non-hydrogen) atoms. The third-order valence-electron chi connectivity index (χ3n) is 2.76. The number of halogens is 1. The number of hydrogen-bond acceptors (Lipinski definition) is 2. The van der Waals surface area contributed by atoms with Gasteiger partial charge in [-0.2, -0.15) is 0 Å². The van der Waals surface area contributed by atoms with Crippen molar-refractivity contribution in [2.45, 2.75) is 32.2 Å². The lowest BCUT2D eigenvalue weighted by molar-refractivity contribution is 0.728. The highest BCUT2D eigenvalue weighted by Crippen LogP contribution is 2.12. The molecule has 0 bridgehead atoms. The van der Waals surface area contributed by atoms with Gasteiger partial charge in [0.05, 0.1) is 5.84 Å². The molecule has 0 saturated heterocycles. The number of nitrogens with zero attached hydrogens (tertiary/aromatic N) is 1. The quantitative estimate of drug-likeness (QED) is 0.881. The number of amidine groups is 1. The van der Waals surface area contributed by atoms with E-state index in [2.05, 4.69) is 44.4 Å². The summed E-state index contributed by atoms with van der Waals surface area (Å²) in [5, 5.41) is 3.43. The molecule has 1 aliphatic heterocycles. The van der Waals surface area contributed by atoms with E-state index in [1.807, 2.05) is 6.07 Å². The Hall–Kier alpha value is -0.830. The Balaban J connectivity index is 1.89. The first-order valence-corrected chi connectivity index (χ1v) is 6.65. The summed E-state index contributed by atoms with van der Waals surface area (Å²) < 4.78 is 1.13. The normalized spacial score (nSPS) is 16.4. The fraction of sp³-hybridized carbons (Fsp3) is 0.462. The highest BCUT2D eigenvalue weighted by molar-refractivity contribution is 9.10. The predicted molar refractivity (Wildman–Crippen MR) is 71.8 cm³/mol. The summed E-state index contributed by atoms with van der Waals surface area (Å²) in [6.45, 7) is 1.86. The molecule has 1 N–H and O–H groups in total. The molecule has 0 radical (unpaired) electrons. The number of nitrogens with one attached hydrogen (secondary N) is 1. The van der Waals surface area contributed by atoms with Gasteiger partial charge in [0.2, 0.25) is 0 Å². The van der Waals surface area contributed by atoms with Crippen LogP contribution in [-0.4, -0.2) is 12.4 Å². The van der Waals surface area contributed by atoms with Gasteiger partial charge in [0.15, 0.2) is 0 Å². The molecule has 2 nitrogen and oxygen atoms in total. The molecule has 0 unspecified atom stereocenters. The van der Waals surface area contributed by atoms with Crippen LogP contribution >= 0.6 is 15.9 Å². The Kier molecular flexibility index (Phi) is 4.40. The number of hydrogen-bond donors (Lipinski definition) is 1. The summed E-state index contributed by atoms with van der Waals surface area (Å²) in [7, 11) is 0. The van der Waals surface area contributed by atoms with Gasteiger partial charge in [0, 0.05) is 24.0 Å². The number of rotatable bonds is 2. The average Bonchev–Trinajstić information content (AvgIpc) is 2.55. The van der Waals surface area contributed by atoms with Crippen LogP contribution in [0.3, 0.4) is 0 Å². The van der Waals surface area contributed by atoms with Crippen molar-refractivity contribution in [2.24, 2.45) is 4.99 Å². The van der Waals surface area contributed by atoms with Crippen LogP contribution in [0, 0.1) is 0 Å². The second-order valence-corrected chi connectivity index (χ2v) is 5.04. The first-order valence-electron chi connectivity index (χ1n) is 5.86. The lowest BCUT2D eigenvalue weighted by atomic mass is 10.2. The Labute approximate surface area is 105 Å². The largest absolute Gasteiger partial charge is 0.370 e. The molecule has 2 rings (SSSR count). The molecule has 0 fully saturated rings. The average molecular weight is 281 g/mol. The van der Waals surface area contributed by atoms with Crippen LogP contribution in [0.4, 0.5) is 0 Å². The van der Waals surface area contributed by atoms with Crippen molar-refractivity contribution < 1.29 is 0 Å². The van der Waals surface area contributed by atoms with Crippen molar-refractivity contribution in [3.63, 3.8) is 0 Å². The van der Waals surface area contributed by atoms with Gasteiger partial charge in [-0.1, -0.05) is 34.5 Å². The Morgan fingerprint density at radius 2 is 2.19 bits per heavy atom. The molecule has 3 heteroatoms. The fourth-order valence-corrected chi connectivity index (χ4v) is 2.32. The molecule has 1 aromatic rings. The third-order valence-corrected chi connectivity index (χ3v) is 3.25. The van der Waals surface area contributed by atoms with Gasteiger partial charge in [-0.25, -0.2) is 0 Å². The summed E-state index contributed by atoms with van der Waals surface area (Å²) in [5.41, 5.74) is 1.29. The van der Waals surface area contributed by atoms with Crippen molar-refractivity contribution in [2.75, 3.05) is 6.54 Å². The first-order chi connectivity index (χ1) is 7.84. The molecule has 0 spiro atoms. The Morgan fingerprint density at radius 3 is 3.06 bits per heavy atom. The SMILES string of the molecule is Brc1cccc(CNC2=NCCCCC2)c1. The zero-order valence-electron chi connectivity index (χ0n) is 9.38. The topological polar surface area (TPSA) is 24.4 Å². The van der Waals surface area contributed by atoms with E-state index in [1.165, 1.54) is 30.7 Å². The van der Waals surface area contributed by atoms with E-state index < -0.39 is 0 Å². The van der Waals surface area contributed by atoms with E-state index in [1.54, 1.807) is 0 Å². The fourth-order valence-electron chi connectivity index (χ4n) is 1.87. The van der Waals surface area contributed by atoms with E-state index in [4.69, 9.17) is 0 Å². The Morgan fingerprint density at radius 1 is 1.25 bits per heavy atom. The molecule has 0 aromatic heterocycles. The molecule has 86 valence electrons. The minimum atomic E-state index is 0.873. The van der Waals surface area contributed by atoms with Crippen molar-refractivity contribution in [3.05, 3.63) is 34.3 Å². The van der Waals surface area contributed by atoms with Gasteiger partial charge < -0.3 is 5.32 Å². The van der Waals surface area contributed by atoms with Crippen LogP contribution < -0.4 is 5.32 Å². The van der Waals surface area contributed by atoms with Gasteiger partial charge in [-0.3, -0.25) is 4.99 Å². The highest BCUT2D eigenvalue weighted by Gasteiger charge is 2.03. The summed E-state index contributed by atoms with van der Waals surface area (Å²) in [4.78, 5) is 4.55. The van der Waals surface area contributed by atoms with E-state index in [0.717, 1.165) is 24.0 Å². The van der Waals surface area contributed by atoms with Gasteiger partial charge in [0.25, 0.3) is 0 Å². The van der Waals surface area contributed by atoms with E-state index in [0.29, 0.717) is 0 Å². The monoisotopic (exact) mass is 280 g/mol. The molecular formula is C13H17BrN2. The van der Waals surface area contributed by atoms with Gasteiger partial charge in [-0.15, -0.1) is 0 Å². The summed E-state index contributed by atoms with van der Waals surface area (Å²) in [6.07, 6.45) is 4.92. The lowest BCUT2D eigenvalue weighted by Crippen LogP contribution is -2.22. The van der Waals surface area contributed by atoms with Crippen LogP contribution in [0.15, 0.2) is 33.7 Å². The smallest absolute Gasteiger partial charge is 0.0965 e. The molecule has 1 aromatic carbocycles. The van der Waals surface area contributed by atoms with E-state index in [9.17, 15) is 0 Å². The van der Waals surface area contributed by atoms with Crippen LogP contribution in [0.5, 0.6) is 0 Å². The van der Waals surface area contributed by atoms with Crippen LogP contribution in [0.2, 0.25) is 0 Å². The summed E-state index contributed by atoms with van der Waals surface area (Å²) in [5.74, 6) is 1.18. The molecule has 1 aliphatic rings. The van der Waals surface area contributed by atoms with Gasteiger partial charge in [-0.05, 0) is 30.5 Å². The number of aliphatic imine (C=N–C) groups is 1. The predicted octanol–water partition coefficient (Wildman–Crippen LogP) is 3.51. The van der Waals surface area contributed by atoms with E-state index >= 15 is 0 Å². The maximum atomic E-state index is 4.55. The van der Waals surface area contributed by atoms with Crippen molar-refractivity contribution in [1.82, 2.24) is 5.32 Å². The van der Waals surface area contributed by atoms with E-state index in [-0.39, 0.29) is 0 Å².